The highest BCUT2D eigenvalue weighted by atomic mass is 32.2. The number of ether oxygens (including phenoxy) is 1. The average Bonchev–Trinajstić information content (AvgIpc) is 2.75. The number of alkyl carbamates (subject to hydrolysis) is 1. The molecule has 0 saturated carbocycles. The topological polar surface area (TPSA) is 64.3 Å². The van der Waals surface area contributed by atoms with Crippen LogP contribution in [0.15, 0.2) is 53.4 Å². The quantitative estimate of drug-likeness (QED) is 0.846. The van der Waals surface area contributed by atoms with Gasteiger partial charge >= 0.3 is 6.09 Å². The molecule has 0 bridgehead atoms. The highest BCUT2D eigenvalue weighted by Gasteiger charge is 2.29. The van der Waals surface area contributed by atoms with Crippen LogP contribution in [0.3, 0.4) is 0 Å². The van der Waals surface area contributed by atoms with Crippen molar-refractivity contribution in [3.8, 4) is 0 Å². The fraction of sp³-hybridized carbons (Fsp3) is 0.381. The minimum atomic E-state index is -0.521. The van der Waals surface area contributed by atoms with E-state index in [-0.39, 0.29) is 12.0 Å². The van der Waals surface area contributed by atoms with Crippen molar-refractivity contribution in [2.24, 2.45) is 5.73 Å². The summed E-state index contributed by atoms with van der Waals surface area (Å²) < 4.78 is 5.33. The van der Waals surface area contributed by atoms with Gasteiger partial charge < -0.3 is 15.8 Å². The van der Waals surface area contributed by atoms with E-state index in [1.807, 2.05) is 38.6 Å². The van der Waals surface area contributed by atoms with Crippen molar-refractivity contribution in [2.45, 2.75) is 49.0 Å². The molecule has 26 heavy (non-hydrogen) atoms. The fourth-order valence-corrected chi connectivity index (χ4v) is 4.37. The van der Waals surface area contributed by atoms with Gasteiger partial charge in [0.15, 0.2) is 0 Å². The zero-order valence-corrected chi connectivity index (χ0v) is 16.3. The third kappa shape index (κ3) is 4.40. The van der Waals surface area contributed by atoms with E-state index in [4.69, 9.17) is 10.5 Å². The summed E-state index contributed by atoms with van der Waals surface area (Å²) in [6.07, 6.45) is -0.433. The summed E-state index contributed by atoms with van der Waals surface area (Å²) in [5, 5.41) is 2.83. The number of hydrogen-bond acceptors (Lipinski definition) is 4. The van der Waals surface area contributed by atoms with Crippen molar-refractivity contribution in [1.29, 1.82) is 0 Å². The van der Waals surface area contributed by atoms with E-state index in [0.29, 0.717) is 6.54 Å². The van der Waals surface area contributed by atoms with Crippen LogP contribution in [0.4, 0.5) is 4.79 Å². The van der Waals surface area contributed by atoms with Gasteiger partial charge in [-0.15, -0.1) is 11.8 Å². The highest BCUT2D eigenvalue weighted by Crippen LogP contribution is 2.41. The number of nitrogens with two attached hydrogens (primary N) is 1. The third-order valence-electron chi connectivity index (χ3n) is 4.34. The number of carbonyl (C=O) groups excluding carboxylic acids is 1. The number of thioether (sulfide) groups is 1. The molecule has 0 spiro atoms. The van der Waals surface area contributed by atoms with Gasteiger partial charge in [-0.05, 0) is 43.5 Å². The number of nitrogens with one attached hydrogen (secondary N) is 1. The molecule has 3 N–H and O–H groups in total. The van der Waals surface area contributed by atoms with Crippen molar-refractivity contribution in [2.75, 3.05) is 6.54 Å². The van der Waals surface area contributed by atoms with E-state index in [1.54, 1.807) is 0 Å². The minimum absolute atomic E-state index is 0.0346. The molecule has 5 heteroatoms. The van der Waals surface area contributed by atoms with E-state index < -0.39 is 11.7 Å². The molecule has 1 aliphatic heterocycles. The van der Waals surface area contributed by atoms with Crippen molar-refractivity contribution in [3.05, 3.63) is 65.2 Å². The first-order chi connectivity index (χ1) is 12.3. The second kappa shape index (κ2) is 7.72. The summed E-state index contributed by atoms with van der Waals surface area (Å²) in [6.45, 7) is 5.90. The summed E-state index contributed by atoms with van der Waals surface area (Å²) in [7, 11) is 0. The summed E-state index contributed by atoms with van der Waals surface area (Å²) in [5.41, 5.74) is 9.82. The molecule has 138 valence electrons. The summed E-state index contributed by atoms with van der Waals surface area (Å²) >= 11 is 1.84. The third-order valence-corrected chi connectivity index (χ3v) is 5.47. The SMILES string of the molecule is CC(C)(C)OC(=O)NC[C@@H](N)C1c2ccccc2CSc2ccccc21. The number of hydrogen-bond donors (Lipinski definition) is 2. The van der Waals surface area contributed by atoms with Crippen LogP contribution in [0, 0.1) is 0 Å². The standard InChI is InChI=1S/C21H26N2O2S/c1-21(2,3)25-20(24)23-12-17(22)19-15-9-5-4-8-14(15)13-26-18-11-7-6-10-16(18)19/h4-11,17,19H,12-13,22H2,1-3H3,(H,23,24)/t17-,19?/m1/s1. The summed E-state index contributed by atoms with van der Waals surface area (Å²) in [5.74, 6) is 0.961. The lowest BCUT2D eigenvalue weighted by Crippen LogP contribution is -2.43. The maximum atomic E-state index is 12.0. The van der Waals surface area contributed by atoms with Crippen LogP contribution < -0.4 is 11.1 Å². The van der Waals surface area contributed by atoms with Crippen molar-refractivity contribution >= 4 is 17.9 Å². The number of amides is 1. The fourth-order valence-electron chi connectivity index (χ4n) is 3.26. The van der Waals surface area contributed by atoms with Gasteiger partial charge in [-0.25, -0.2) is 4.79 Å². The molecule has 1 unspecified atom stereocenters. The van der Waals surface area contributed by atoms with E-state index in [0.717, 1.165) is 5.75 Å². The molecule has 4 nitrogen and oxygen atoms in total. The molecule has 2 aromatic carbocycles. The Bertz CT molecular complexity index is 738. The summed E-state index contributed by atoms with van der Waals surface area (Å²) in [6, 6.07) is 16.6. The normalized spacial score (nSPS) is 17.5. The molecule has 2 aromatic rings. The van der Waals surface area contributed by atoms with Gasteiger partial charge in [-0.1, -0.05) is 42.5 Å². The lowest BCUT2D eigenvalue weighted by molar-refractivity contribution is 0.0523. The van der Waals surface area contributed by atoms with Crippen LogP contribution in [0.25, 0.3) is 0 Å². The van der Waals surface area contributed by atoms with Crippen molar-refractivity contribution in [3.63, 3.8) is 0 Å². The number of benzene rings is 2. The molecular formula is C21H26N2O2S. The Morgan fingerprint density at radius 1 is 1.19 bits per heavy atom. The van der Waals surface area contributed by atoms with Crippen LogP contribution in [0.1, 0.15) is 43.4 Å². The first-order valence-electron chi connectivity index (χ1n) is 8.87. The molecule has 1 amide bonds. The largest absolute Gasteiger partial charge is 0.444 e. The Morgan fingerprint density at radius 2 is 1.85 bits per heavy atom. The Hall–Kier alpha value is -1.98. The zero-order valence-electron chi connectivity index (χ0n) is 15.5. The molecule has 0 radical (unpaired) electrons. The molecular weight excluding hydrogens is 344 g/mol. The van der Waals surface area contributed by atoms with E-state index >= 15 is 0 Å². The molecule has 1 heterocycles. The van der Waals surface area contributed by atoms with Crippen LogP contribution in [0.2, 0.25) is 0 Å². The molecule has 0 saturated heterocycles. The molecule has 0 fully saturated rings. The van der Waals surface area contributed by atoms with Crippen LogP contribution >= 0.6 is 11.8 Å². The first kappa shape index (κ1) is 18.8. The van der Waals surface area contributed by atoms with Gasteiger partial charge in [-0.2, -0.15) is 0 Å². The molecule has 0 aromatic heterocycles. The Labute approximate surface area is 159 Å². The number of rotatable bonds is 3. The average molecular weight is 371 g/mol. The van der Waals surface area contributed by atoms with Crippen LogP contribution in [0.5, 0.6) is 0 Å². The lowest BCUT2D eigenvalue weighted by atomic mass is 9.83. The Morgan fingerprint density at radius 3 is 2.58 bits per heavy atom. The lowest BCUT2D eigenvalue weighted by Gasteiger charge is -2.27. The van der Waals surface area contributed by atoms with Gasteiger partial charge in [0.25, 0.3) is 0 Å². The zero-order chi connectivity index (χ0) is 18.7. The molecule has 3 rings (SSSR count). The van der Waals surface area contributed by atoms with Gasteiger partial charge in [0, 0.05) is 29.2 Å². The predicted molar refractivity (Wildman–Crippen MR) is 107 cm³/mol. The van der Waals surface area contributed by atoms with Gasteiger partial charge in [0.05, 0.1) is 0 Å². The second-order valence-corrected chi connectivity index (χ2v) is 8.57. The molecule has 2 atom stereocenters. The van der Waals surface area contributed by atoms with Crippen LogP contribution in [-0.4, -0.2) is 24.3 Å². The van der Waals surface area contributed by atoms with Gasteiger partial charge in [0.2, 0.25) is 0 Å². The molecule has 1 aliphatic rings. The van der Waals surface area contributed by atoms with Crippen LogP contribution in [-0.2, 0) is 10.5 Å². The van der Waals surface area contributed by atoms with Gasteiger partial charge in [-0.3, -0.25) is 0 Å². The smallest absolute Gasteiger partial charge is 0.407 e. The maximum Gasteiger partial charge on any atom is 0.407 e. The van der Waals surface area contributed by atoms with E-state index in [2.05, 4.69) is 47.8 Å². The second-order valence-electron chi connectivity index (χ2n) is 7.55. The maximum absolute atomic E-state index is 12.0. The van der Waals surface area contributed by atoms with Crippen molar-refractivity contribution < 1.29 is 9.53 Å². The van der Waals surface area contributed by atoms with E-state index in [9.17, 15) is 4.79 Å². The van der Waals surface area contributed by atoms with E-state index in [1.165, 1.54) is 21.6 Å². The molecule has 0 aliphatic carbocycles. The first-order valence-corrected chi connectivity index (χ1v) is 9.85. The van der Waals surface area contributed by atoms with Gasteiger partial charge in [0.1, 0.15) is 5.60 Å². The number of carbonyl (C=O) groups is 1. The summed E-state index contributed by atoms with van der Waals surface area (Å²) in [4.78, 5) is 13.3. The monoisotopic (exact) mass is 370 g/mol. The Balaban J connectivity index is 1.85. The van der Waals surface area contributed by atoms with Crippen molar-refractivity contribution in [1.82, 2.24) is 5.32 Å². The minimum Gasteiger partial charge on any atom is -0.444 e. The predicted octanol–water partition coefficient (Wildman–Crippen LogP) is 4.28. The highest BCUT2D eigenvalue weighted by molar-refractivity contribution is 7.98. The Kier molecular flexibility index (Phi) is 5.58. The number of fused-ring (bicyclic) bond motifs is 2.